The number of aromatic carboxylic acids is 1. The third-order valence-corrected chi connectivity index (χ3v) is 2.98. The average molecular weight is 277 g/mol. The zero-order valence-corrected chi connectivity index (χ0v) is 11.0. The number of benzene rings is 1. The summed E-state index contributed by atoms with van der Waals surface area (Å²) in [6, 6.07) is 11.2. The second-order valence-corrected chi connectivity index (χ2v) is 4.42. The third-order valence-electron chi connectivity index (χ3n) is 2.98. The van der Waals surface area contributed by atoms with Crippen molar-refractivity contribution >= 4 is 29.0 Å². The molecule has 0 fully saturated rings. The maximum Gasteiger partial charge on any atom is 0.354 e. The maximum atomic E-state index is 10.9. The number of hydrogen-bond donors (Lipinski definition) is 1. The number of fused-ring (bicyclic) bond motifs is 1. The van der Waals surface area contributed by atoms with Gasteiger partial charge in [0.25, 0.3) is 0 Å². The number of carbonyl (C=O) groups is 1. The van der Waals surface area contributed by atoms with Gasteiger partial charge in [-0.15, -0.1) is 0 Å². The summed E-state index contributed by atoms with van der Waals surface area (Å²) in [5, 5.41) is 9.94. The van der Waals surface area contributed by atoms with Gasteiger partial charge in [0.15, 0.2) is 5.69 Å². The highest BCUT2D eigenvalue weighted by Gasteiger charge is 2.04. The lowest BCUT2D eigenvalue weighted by molar-refractivity contribution is 0.0690. The molecule has 102 valence electrons. The lowest BCUT2D eigenvalue weighted by Gasteiger charge is -1.99. The Labute approximate surface area is 120 Å². The molecule has 0 spiro atoms. The van der Waals surface area contributed by atoms with Gasteiger partial charge < -0.3 is 5.11 Å². The largest absolute Gasteiger partial charge is 0.477 e. The molecule has 3 rings (SSSR count). The Morgan fingerprint density at radius 1 is 1.05 bits per heavy atom. The summed E-state index contributed by atoms with van der Waals surface area (Å²) in [5.41, 5.74) is 2.46. The monoisotopic (exact) mass is 277 g/mol. The number of aromatic nitrogens is 3. The zero-order valence-electron chi connectivity index (χ0n) is 11.0. The fourth-order valence-corrected chi connectivity index (χ4v) is 1.96. The SMILES string of the molecule is O=C(O)c1cc(/C=C/c2ccc3ncccc3c2)ncn1. The third kappa shape index (κ3) is 2.92. The molecule has 2 aromatic heterocycles. The van der Waals surface area contributed by atoms with E-state index in [4.69, 9.17) is 5.11 Å². The van der Waals surface area contributed by atoms with E-state index in [-0.39, 0.29) is 5.69 Å². The van der Waals surface area contributed by atoms with E-state index in [1.807, 2.05) is 36.4 Å². The predicted molar refractivity (Wildman–Crippen MR) is 79.7 cm³/mol. The average Bonchev–Trinajstić information content (AvgIpc) is 2.53. The van der Waals surface area contributed by atoms with Gasteiger partial charge >= 0.3 is 5.97 Å². The molecule has 1 N–H and O–H groups in total. The summed E-state index contributed by atoms with van der Waals surface area (Å²) >= 11 is 0. The number of carboxylic acids is 1. The number of nitrogens with zero attached hydrogens (tertiary/aromatic N) is 3. The summed E-state index contributed by atoms with van der Waals surface area (Å²) in [4.78, 5) is 22.8. The molecule has 0 aliphatic heterocycles. The highest BCUT2D eigenvalue weighted by Crippen LogP contribution is 2.15. The molecule has 0 amide bonds. The lowest BCUT2D eigenvalue weighted by Crippen LogP contribution is -2.00. The van der Waals surface area contributed by atoms with Crippen LogP contribution in [0.25, 0.3) is 23.1 Å². The van der Waals surface area contributed by atoms with Crippen LogP contribution in [-0.2, 0) is 0 Å². The quantitative estimate of drug-likeness (QED) is 0.796. The zero-order chi connectivity index (χ0) is 14.7. The first-order valence-electron chi connectivity index (χ1n) is 6.30. The Kier molecular flexibility index (Phi) is 3.39. The Morgan fingerprint density at radius 3 is 2.81 bits per heavy atom. The van der Waals surface area contributed by atoms with Crippen LogP contribution in [0.4, 0.5) is 0 Å². The van der Waals surface area contributed by atoms with Crippen molar-refractivity contribution in [2.24, 2.45) is 0 Å². The van der Waals surface area contributed by atoms with Gasteiger partial charge in [0.1, 0.15) is 6.33 Å². The highest BCUT2D eigenvalue weighted by molar-refractivity contribution is 5.86. The van der Waals surface area contributed by atoms with E-state index in [1.165, 1.54) is 12.4 Å². The minimum atomic E-state index is -1.07. The molecule has 0 aliphatic rings. The van der Waals surface area contributed by atoms with Gasteiger partial charge in [-0.3, -0.25) is 4.98 Å². The van der Waals surface area contributed by atoms with Crippen LogP contribution in [0.2, 0.25) is 0 Å². The number of rotatable bonds is 3. The molecule has 0 radical (unpaired) electrons. The van der Waals surface area contributed by atoms with Gasteiger partial charge in [0.2, 0.25) is 0 Å². The maximum absolute atomic E-state index is 10.9. The molecule has 0 atom stereocenters. The van der Waals surface area contributed by atoms with Gasteiger partial charge in [-0.2, -0.15) is 0 Å². The van der Waals surface area contributed by atoms with E-state index in [1.54, 1.807) is 12.3 Å². The molecular formula is C16H11N3O2. The Morgan fingerprint density at radius 2 is 1.95 bits per heavy atom. The van der Waals surface area contributed by atoms with Gasteiger partial charge in [-0.25, -0.2) is 14.8 Å². The van der Waals surface area contributed by atoms with Crippen molar-refractivity contribution in [3.63, 3.8) is 0 Å². The topological polar surface area (TPSA) is 76.0 Å². The van der Waals surface area contributed by atoms with Crippen LogP contribution in [0, 0.1) is 0 Å². The molecule has 3 aromatic rings. The molecule has 0 saturated carbocycles. The van der Waals surface area contributed by atoms with Crippen molar-refractivity contribution < 1.29 is 9.90 Å². The van der Waals surface area contributed by atoms with Crippen molar-refractivity contribution in [3.8, 4) is 0 Å². The van der Waals surface area contributed by atoms with Crippen molar-refractivity contribution in [3.05, 3.63) is 65.9 Å². The second kappa shape index (κ2) is 5.50. The van der Waals surface area contributed by atoms with E-state index in [9.17, 15) is 4.79 Å². The minimum Gasteiger partial charge on any atom is -0.477 e. The van der Waals surface area contributed by atoms with Crippen molar-refractivity contribution in [1.82, 2.24) is 15.0 Å². The Bertz CT molecular complexity index is 844. The van der Waals surface area contributed by atoms with Crippen LogP contribution < -0.4 is 0 Å². The van der Waals surface area contributed by atoms with Gasteiger partial charge in [0, 0.05) is 11.6 Å². The van der Waals surface area contributed by atoms with Crippen LogP contribution in [0.5, 0.6) is 0 Å². The first-order chi connectivity index (χ1) is 10.2. The van der Waals surface area contributed by atoms with E-state index >= 15 is 0 Å². The van der Waals surface area contributed by atoms with Crippen LogP contribution in [0.15, 0.2) is 48.9 Å². The fraction of sp³-hybridized carbons (Fsp3) is 0. The van der Waals surface area contributed by atoms with Crippen molar-refractivity contribution in [2.75, 3.05) is 0 Å². The van der Waals surface area contributed by atoms with Gasteiger partial charge in [-0.05, 0) is 35.9 Å². The van der Waals surface area contributed by atoms with E-state index in [0.29, 0.717) is 5.69 Å². The van der Waals surface area contributed by atoms with E-state index in [2.05, 4.69) is 15.0 Å². The van der Waals surface area contributed by atoms with Crippen molar-refractivity contribution in [2.45, 2.75) is 0 Å². The number of carboxylic acid groups (broad SMARTS) is 1. The molecule has 5 nitrogen and oxygen atoms in total. The molecule has 2 heterocycles. The van der Waals surface area contributed by atoms with Crippen LogP contribution in [0.3, 0.4) is 0 Å². The summed E-state index contributed by atoms with van der Waals surface area (Å²) in [7, 11) is 0. The molecule has 21 heavy (non-hydrogen) atoms. The second-order valence-electron chi connectivity index (χ2n) is 4.42. The first-order valence-corrected chi connectivity index (χ1v) is 6.30. The molecular weight excluding hydrogens is 266 g/mol. The smallest absolute Gasteiger partial charge is 0.354 e. The fourth-order valence-electron chi connectivity index (χ4n) is 1.96. The first kappa shape index (κ1) is 12.9. The van der Waals surface area contributed by atoms with Crippen molar-refractivity contribution in [1.29, 1.82) is 0 Å². The Balaban J connectivity index is 1.90. The number of hydrogen-bond acceptors (Lipinski definition) is 4. The molecule has 0 aliphatic carbocycles. The summed E-state index contributed by atoms with van der Waals surface area (Å²) in [6.07, 6.45) is 6.63. The van der Waals surface area contributed by atoms with Crippen LogP contribution in [-0.4, -0.2) is 26.0 Å². The Hall–Kier alpha value is -3.08. The highest BCUT2D eigenvalue weighted by atomic mass is 16.4. The number of pyridine rings is 1. The summed E-state index contributed by atoms with van der Waals surface area (Å²) < 4.78 is 0. The molecule has 0 unspecified atom stereocenters. The van der Waals surface area contributed by atoms with E-state index < -0.39 is 5.97 Å². The van der Waals surface area contributed by atoms with E-state index in [0.717, 1.165) is 16.5 Å². The molecule has 0 bridgehead atoms. The lowest BCUT2D eigenvalue weighted by atomic mass is 10.1. The molecule has 0 saturated heterocycles. The van der Waals surface area contributed by atoms with Crippen LogP contribution in [0.1, 0.15) is 21.7 Å². The standard InChI is InChI=1S/C16H11N3O2/c20-16(21)15-9-13(18-10-19-15)5-3-11-4-6-14-12(8-11)2-1-7-17-14/h1-10H,(H,20,21)/b5-3+. The minimum absolute atomic E-state index is 0.0210. The van der Waals surface area contributed by atoms with Gasteiger partial charge in [0.05, 0.1) is 11.2 Å². The van der Waals surface area contributed by atoms with Crippen LogP contribution >= 0.6 is 0 Å². The normalized spacial score (nSPS) is 11.0. The van der Waals surface area contributed by atoms with Gasteiger partial charge in [-0.1, -0.05) is 18.2 Å². The summed E-state index contributed by atoms with van der Waals surface area (Å²) in [6.45, 7) is 0. The predicted octanol–water partition coefficient (Wildman–Crippen LogP) is 2.89. The summed E-state index contributed by atoms with van der Waals surface area (Å²) in [5.74, 6) is -1.07. The molecule has 5 heteroatoms. The molecule has 1 aromatic carbocycles.